The summed E-state index contributed by atoms with van der Waals surface area (Å²) in [5.74, 6) is -0.845. The number of amides is 2. The Morgan fingerprint density at radius 3 is 2.28 bits per heavy atom. The molecule has 13 heteroatoms. The van der Waals surface area contributed by atoms with Crippen LogP contribution in [-0.2, 0) is 38.8 Å². The van der Waals surface area contributed by atoms with Gasteiger partial charge in [0.2, 0.25) is 21.8 Å². The summed E-state index contributed by atoms with van der Waals surface area (Å²) < 4.78 is 65.8. The Morgan fingerprint density at radius 2 is 1.67 bits per heavy atom. The first-order valence-electron chi connectivity index (χ1n) is 13.4. The highest BCUT2D eigenvalue weighted by Gasteiger charge is 2.33. The van der Waals surface area contributed by atoms with E-state index in [0.29, 0.717) is 22.2 Å². The standard InChI is InChI=1S/C30H32Cl2F3N3O4S/c1-3-36-29(40)27(17-21-9-5-4-6-10-21)37(20-22-14-15-24(31)19-26(22)32)28(39)13-8-16-38(43(2,41)42)25-12-7-11-23(18-25)30(33,34)35/h4-7,9-12,14-15,18-19,27H,3,8,13,16-17,20H2,1-2H3,(H,36,40). The zero-order valence-corrected chi connectivity index (χ0v) is 25.9. The van der Waals surface area contributed by atoms with E-state index in [9.17, 15) is 31.2 Å². The fourth-order valence-electron chi connectivity index (χ4n) is 4.52. The Labute approximate surface area is 259 Å². The number of benzene rings is 3. The molecular weight excluding hydrogens is 626 g/mol. The van der Waals surface area contributed by atoms with Crippen molar-refractivity contribution >= 4 is 50.7 Å². The Morgan fingerprint density at radius 1 is 0.977 bits per heavy atom. The van der Waals surface area contributed by atoms with Crippen LogP contribution >= 0.6 is 23.2 Å². The second-order valence-corrected chi connectivity index (χ2v) is 12.6. The monoisotopic (exact) mass is 657 g/mol. The quantitative estimate of drug-likeness (QED) is 0.233. The Balaban J connectivity index is 1.90. The molecule has 2 amide bonds. The number of alkyl halides is 3. The summed E-state index contributed by atoms with van der Waals surface area (Å²) in [6.07, 6.45) is -3.80. The number of nitrogens with one attached hydrogen (secondary N) is 1. The van der Waals surface area contributed by atoms with Gasteiger partial charge in [-0.3, -0.25) is 13.9 Å². The van der Waals surface area contributed by atoms with E-state index in [4.69, 9.17) is 23.2 Å². The van der Waals surface area contributed by atoms with Crippen molar-refractivity contribution in [2.24, 2.45) is 0 Å². The molecule has 3 aromatic rings. The zero-order valence-electron chi connectivity index (χ0n) is 23.6. The molecule has 0 aliphatic carbocycles. The van der Waals surface area contributed by atoms with E-state index in [1.54, 1.807) is 19.1 Å². The Bertz CT molecular complexity index is 1520. The summed E-state index contributed by atoms with van der Waals surface area (Å²) in [6.45, 7) is 1.79. The second-order valence-electron chi connectivity index (χ2n) is 9.84. The van der Waals surface area contributed by atoms with Gasteiger partial charge < -0.3 is 10.2 Å². The molecule has 0 bridgehead atoms. The lowest BCUT2D eigenvalue weighted by atomic mass is 10.0. The van der Waals surface area contributed by atoms with Gasteiger partial charge in [-0.05, 0) is 54.8 Å². The highest BCUT2D eigenvalue weighted by Crippen LogP contribution is 2.32. The molecule has 0 radical (unpaired) electrons. The molecule has 1 N–H and O–H groups in total. The summed E-state index contributed by atoms with van der Waals surface area (Å²) in [5.41, 5.74) is 0.195. The smallest absolute Gasteiger partial charge is 0.355 e. The molecular formula is C30H32Cl2F3N3O4S. The Kier molecular flexibility index (Phi) is 11.9. The van der Waals surface area contributed by atoms with E-state index in [0.717, 1.165) is 34.3 Å². The number of carbonyl (C=O) groups excluding carboxylic acids is 2. The number of sulfonamides is 1. The summed E-state index contributed by atoms with van der Waals surface area (Å²) in [5, 5.41) is 3.47. The van der Waals surface area contributed by atoms with E-state index >= 15 is 0 Å². The molecule has 0 aliphatic heterocycles. The van der Waals surface area contributed by atoms with Crippen LogP contribution < -0.4 is 9.62 Å². The molecule has 1 unspecified atom stereocenters. The molecule has 3 aromatic carbocycles. The first-order valence-corrected chi connectivity index (χ1v) is 16.0. The van der Waals surface area contributed by atoms with Crippen LogP contribution in [0.25, 0.3) is 0 Å². The van der Waals surface area contributed by atoms with Crippen molar-refractivity contribution in [2.75, 3.05) is 23.7 Å². The van der Waals surface area contributed by atoms with Crippen molar-refractivity contribution in [3.05, 3.63) is 99.5 Å². The van der Waals surface area contributed by atoms with Gasteiger partial charge in [-0.1, -0.05) is 65.7 Å². The minimum atomic E-state index is -4.66. The summed E-state index contributed by atoms with van der Waals surface area (Å²) in [6, 6.07) is 17.0. The molecule has 0 spiro atoms. The van der Waals surface area contributed by atoms with Crippen LogP contribution in [0.1, 0.15) is 36.5 Å². The first-order chi connectivity index (χ1) is 20.2. The molecule has 0 heterocycles. The normalized spacial score (nSPS) is 12.4. The van der Waals surface area contributed by atoms with E-state index < -0.39 is 33.7 Å². The molecule has 0 fully saturated rings. The lowest BCUT2D eigenvalue weighted by Crippen LogP contribution is -2.50. The van der Waals surface area contributed by atoms with Gasteiger partial charge in [-0.15, -0.1) is 0 Å². The van der Waals surface area contributed by atoms with Crippen LogP contribution in [-0.4, -0.2) is 50.5 Å². The van der Waals surface area contributed by atoms with Crippen molar-refractivity contribution in [3.63, 3.8) is 0 Å². The number of halogens is 5. The number of carbonyl (C=O) groups is 2. The van der Waals surface area contributed by atoms with Crippen LogP contribution in [0, 0.1) is 0 Å². The number of nitrogens with zero attached hydrogens (tertiary/aromatic N) is 2. The first kappa shape index (κ1) is 34.2. The van der Waals surface area contributed by atoms with E-state index in [-0.39, 0.29) is 43.9 Å². The number of hydrogen-bond donors (Lipinski definition) is 1. The number of hydrogen-bond acceptors (Lipinski definition) is 4. The predicted molar refractivity (Wildman–Crippen MR) is 162 cm³/mol. The van der Waals surface area contributed by atoms with Gasteiger partial charge in [0, 0.05) is 42.5 Å². The van der Waals surface area contributed by atoms with Crippen LogP contribution in [0.2, 0.25) is 10.0 Å². The average molecular weight is 659 g/mol. The molecule has 0 saturated carbocycles. The van der Waals surface area contributed by atoms with Gasteiger partial charge in [0.1, 0.15) is 6.04 Å². The molecule has 3 rings (SSSR count). The van der Waals surface area contributed by atoms with Crippen LogP contribution in [0.15, 0.2) is 72.8 Å². The maximum atomic E-state index is 13.8. The van der Waals surface area contributed by atoms with Crippen molar-refractivity contribution in [1.29, 1.82) is 0 Å². The molecule has 0 saturated heterocycles. The van der Waals surface area contributed by atoms with E-state index in [1.165, 1.54) is 17.0 Å². The number of likely N-dealkylation sites (N-methyl/N-ethyl adjacent to an activating group) is 1. The average Bonchev–Trinajstić information content (AvgIpc) is 2.93. The van der Waals surface area contributed by atoms with Crippen molar-refractivity contribution < 1.29 is 31.2 Å². The summed E-state index contributed by atoms with van der Waals surface area (Å²) in [7, 11) is -3.99. The fourth-order valence-corrected chi connectivity index (χ4v) is 5.95. The van der Waals surface area contributed by atoms with Crippen LogP contribution in [0.4, 0.5) is 18.9 Å². The minimum absolute atomic E-state index is 0.0273. The number of anilines is 1. The van der Waals surface area contributed by atoms with Gasteiger partial charge in [0.15, 0.2) is 0 Å². The zero-order chi connectivity index (χ0) is 31.8. The van der Waals surface area contributed by atoms with Gasteiger partial charge in [0.05, 0.1) is 17.5 Å². The van der Waals surface area contributed by atoms with Gasteiger partial charge in [-0.2, -0.15) is 13.2 Å². The van der Waals surface area contributed by atoms with Crippen LogP contribution in [0.5, 0.6) is 0 Å². The van der Waals surface area contributed by atoms with Crippen molar-refractivity contribution in [1.82, 2.24) is 10.2 Å². The minimum Gasteiger partial charge on any atom is -0.355 e. The Hall–Kier alpha value is -3.28. The molecule has 0 aromatic heterocycles. The summed E-state index contributed by atoms with van der Waals surface area (Å²) in [4.78, 5) is 28.5. The second kappa shape index (κ2) is 14.9. The highest BCUT2D eigenvalue weighted by atomic mass is 35.5. The molecule has 7 nitrogen and oxygen atoms in total. The van der Waals surface area contributed by atoms with Gasteiger partial charge >= 0.3 is 6.18 Å². The third kappa shape index (κ3) is 9.87. The lowest BCUT2D eigenvalue weighted by Gasteiger charge is -2.32. The van der Waals surface area contributed by atoms with E-state index in [2.05, 4.69) is 5.32 Å². The van der Waals surface area contributed by atoms with Gasteiger partial charge in [-0.25, -0.2) is 8.42 Å². The highest BCUT2D eigenvalue weighted by molar-refractivity contribution is 7.92. The largest absolute Gasteiger partial charge is 0.416 e. The maximum Gasteiger partial charge on any atom is 0.416 e. The predicted octanol–water partition coefficient (Wildman–Crippen LogP) is 6.33. The topological polar surface area (TPSA) is 86.8 Å². The SMILES string of the molecule is CCNC(=O)C(Cc1ccccc1)N(Cc1ccc(Cl)cc1Cl)C(=O)CCCN(c1cccc(C(F)(F)F)c1)S(C)(=O)=O. The third-order valence-electron chi connectivity index (χ3n) is 6.59. The van der Waals surface area contributed by atoms with E-state index in [1.807, 2.05) is 30.3 Å². The number of rotatable bonds is 13. The third-order valence-corrected chi connectivity index (χ3v) is 8.37. The summed E-state index contributed by atoms with van der Waals surface area (Å²) >= 11 is 12.5. The molecule has 232 valence electrons. The van der Waals surface area contributed by atoms with Gasteiger partial charge in [0.25, 0.3) is 0 Å². The molecule has 1 atom stereocenters. The fraction of sp³-hybridized carbons (Fsp3) is 0.333. The van der Waals surface area contributed by atoms with Crippen molar-refractivity contribution in [2.45, 2.75) is 44.9 Å². The maximum absolute atomic E-state index is 13.8. The van der Waals surface area contributed by atoms with Crippen molar-refractivity contribution in [3.8, 4) is 0 Å². The lowest BCUT2D eigenvalue weighted by molar-refractivity contribution is -0.141. The molecule has 43 heavy (non-hydrogen) atoms. The molecule has 0 aliphatic rings. The van der Waals surface area contributed by atoms with Crippen LogP contribution in [0.3, 0.4) is 0 Å².